The maximum atomic E-state index is 12.2. The number of rotatable bonds is 6. The molecule has 7 heteroatoms. The fourth-order valence-electron chi connectivity index (χ4n) is 2.02. The lowest BCUT2D eigenvalue weighted by Gasteiger charge is -2.20. The highest BCUT2D eigenvalue weighted by molar-refractivity contribution is 7.71. The Hall–Kier alpha value is -2.41. The van der Waals surface area contributed by atoms with E-state index in [9.17, 15) is 4.79 Å². The zero-order valence-electron chi connectivity index (χ0n) is 12.5. The van der Waals surface area contributed by atoms with Gasteiger partial charge >= 0.3 is 0 Å². The molecule has 1 aromatic heterocycles. The van der Waals surface area contributed by atoms with Crippen LogP contribution in [-0.2, 0) is 0 Å². The Balaban J connectivity index is 2.37. The molecule has 2 aromatic rings. The number of H-pyrrole nitrogens is 1. The van der Waals surface area contributed by atoms with Crippen molar-refractivity contribution in [3.05, 3.63) is 63.3 Å². The Kier molecular flexibility index (Phi) is 5.11. The van der Waals surface area contributed by atoms with E-state index in [1.54, 1.807) is 20.1 Å². The zero-order chi connectivity index (χ0) is 16.1. The molecule has 1 aromatic carbocycles. The van der Waals surface area contributed by atoms with Gasteiger partial charge in [-0.15, -0.1) is 6.58 Å². The summed E-state index contributed by atoms with van der Waals surface area (Å²) in [4.78, 5) is 12.2. The third-order valence-corrected chi connectivity index (χ3v) is 3.51. The predicted molar refractivity (Wildman–Crippen MR) is 88.3 cm³/mol. The van der Waals surface area contributed by atoms with Gasteiger partial charge in [-0.1, -0.05) is 18.2 Å². The van der Waals surface area contributed by atoms with E-state index in [1.807, 2.05) is 24.3 Å². The molecule has 2 rings (SSSR count). The lowest BCUT2D eigenvalue weighted by molar-refractivity contribution is 0.414. The second-order valence-electron chi connectivity index (χ2n) is 4.73. The second kappa shape index (κ2) is 7.04. The molecular weight excluding hydrogens is 300 g/mol. The Bertz CT molecular complexity index is 764. The third-order valence-electron chi connectivity index (χ3n) is 3.24. The number of hydrogen-bond donors (Lipinski definition) is 2. The van der Waals surface area contributed by atoms with Crippen molar-refractivity contribution in [1.29, 1.82) is 0 Å². The minimum Gasteiger partial charge on any atom is -0.497 e. The highest BCUT2D eigenvalue weighted by Crippen LogP contribution is 2.21. The average Bonchev–Trinajstić information content (AvgIpc) is 2.54. The lowest BCUT2D eigenvalue weighted by Crippen LogP contribution is -2.34. The van der Waals surface area contributed by atoms with Gasteiger partial charge in [-0.2, -0.15) is 9.77 Å². The van der Waals surface area contributed by atoms with Crippen LogP contribution in [0.4, 0.5) is 0 Å². The van der Waals surface area contributed by atoms with Crippen LogP contribution in [0, 0.1) is 11.7 Å². The number of aromatic nitrogens is 3. The Morgan fingerprint density at radius 2 is 2.18 bits per heavy atom. The molecule has 0 bridgehead atoms. The summed E-state index contributed by atoms with van der Waals surface area (Å²) in [5.74, 6) is 0.773. The number of nitrogens with one attached hydrogen (secondary N) is 2. The predicted octanol–water partition coefficient (Wildman–Crippen LogP) is 2.48. The van der Waals surface area contributed by atoms with Crippen molar-refractivity contribution >= 4 is 12.2 Å². The van der Waals surface area contributed by atoms with E-state index >= 15 is 0 Å². The molecule has 0 radical (unpaired) electrons. The van der Waals surface area contributed by atoms with Gasteiger partial charge in [0.2, 0.25) is 4.77 Å². The number of methoxy groups -OCH3 is 1. The van der Waals surface area contributed by atoms with E-state index in [2.05, 4.69) is 22.2 Å². The zero-order valence-corrected chi connectivity index (χ0v) is 13.3. The van der Waals surface area contributed by atoms with E-state index in [0.717, 1.165) is 11.3 Å². The van der Waals surface area contributed by atoms with Gasteiger partial charge in [0.1, 0.15) is 11.4 Å². The molecule has 0 amide bonds. The van der Waals surface area contributed by atoms with Crippen molar-refractivity contribution in [3.8, 4) is 5.75 Å². The van der Waals surface area contributed by atoms with Gasteiger partial charge < -0.3 is 10.2 Å². The number of benzene rings is 1. The molecule has 0 aliphatic rings. The van der Waals surface area contributed by atoms with Gasteiger partial charge in [-0.25, -0.2) is 0 Å². The smallest absolute Gasteiger partial charge is 0.294 e. The molecule has 0 saturated carbocycles. The molecule has 22 heavy (non-hydrogen) atoms. The van der Waals surface area contributed by atoms with E-state index < -0.39 is 0 Å². The van der Waals surface area contributed by atoms with E-state index in [1.165, 1.54) is 4.68 Å². The highest BCUT2D eigenvalue weighted by Gasteiger charge is 2.12. The summed E-state index contributed by atoms with van der Waals surface area (Å²) in [6.45, 7) is 5.39. The van der Waals surface area contributed by atoms with Crippen molar-refractivity contribution in [2.24, 2.45) is 0 Å². The van der Waals surface area contributed by atoms with Crippen LogP contribution in [0.3, 0.4) is 0 Å². The van der Waals surface area contributed by atoms with Crippen LogP contribution in [0.2, 0.25) is 0 Å². The summed E-state index contributed by atoms with van der Waals surface area (Å²) >= 11 is 5.13. The van der Waals surface area contributed by atoms with Crippen LogP contribution < -0.4 is 15.7 Å². The molecule has 6 nitrogen and oxygen atoms in total. The molecule has 1 heterocycles. The maximum Gasteiger partial charge on any atom is 0.294 e. The quantitative estimate of drug-likeness (QED) is 0.632. The van der Waals surface area contributed by atoms with Gasteiger partial charge in [0.05, 0.1) is 13.2 Å². The van der Waals surface area contributed by atoms with Crippen LogP contribution >= 0.6 is 12.2 Å². The SMILES string of the molecule is C=CCC(Nn1c(=S)[nH]nc(C)c1=O)c1ccc(OC)cc1. The first-order chi connectivity index (χ1) is 10.6. The lowest BCUT2D eigenvalue weighted by atomic mass is 10.0. The number of hydrogen-bond acceptors (Lipinski definition) is 5. The molecule has 1 unspecified atom stereocenters. The number of ether oxygens (including phenoxy) is 1. The van der Waals surface area contributed by atoms with Gasteiger partial charge in [-0.05, 0) is 43.3 Å². The summed E-state index contributed by atoms with van der Waals surface area (Å²) in [6, 6.07) is 7.47. The Morgan fingerprint density at radius 3 is 2.77 bits per heavy atom. The molecule has 0 spiro atoms. The van der Waals surface area contributed by atoms with Crippen LogP contribution in [0.25, 0.3) is 0 Å². The normalized spacial score (nSPS) is 11.7. The molecule has 1 atom stereocenters. The van der Waals surface area contributed by atoms with Crippen LogP contribution in [-0.4, -0.2) is 22.0 Å². The minimum atomic E-state index is -0.272. The van der Waals surface area contributed by atoms with E-state index in [-0.39, 0.29) is 16.4 Å². The fraction of sp³-hybridized carbons (Fsp3) is 0.267. The monoisotopic (exact) mass is 318 g/mol. The third kappa shape index (κ3) is 3.43. The van der Waals surface area contributed by atoms with Crippen molar-refractivity contribution in [2.75, 3.05) is 12.5 Å². The first kappa shape index (κ1) is 16.0. The molecule has 116 valence electrons. The van der Waals surface area contributed by atoms with E-state index in [4.69, 9.17) is 17.0 Å². The summed E-state index contributed by atoms with van der Waals surface area (Å²) in [6.07, 6.45) is 2.42. The van der Waals surface area contributed by atoms with Crippen LogP contribution in [0.15, 0.2) is 41.7 Å². The van der Waals surface area contributed by atoms with Gasteiger partial charge in [0.15, 0.2) is 0 Å². The van der Waals surface area contributed by atoms with Crippen LogP contribution in [0.5, 0.6) is 5.75 Å². The summed E-state index contributed by atoms with van der Waals surface area (Å²) < 4.78 is 6.68. The molecule has 0 fully saturated rings. The fourth-order valence-corrected chi connectivity index (χ4v) is 2.20. The second-order valence-corrected chi connectivity index (χ2v) is 5.12. The van der Waals surface area contributed by atoms with Crippen molar-refractivity contribution in [2.45, 2.75) is 19.4 Å². The first-order valence-electron chi connectivity index (χ1n) is 6.76. The summed E-state index contributed by atoms with van der Waals surface area (Å²) in [5, 5.41) is 6.49. The average molecular weight is 318 g/mol. The van der Waals surface area contributed by atoms with Crippen LogP contribution in [0.1, 0.15) is 23.7 Å². The number of aromatic amines is 1. The van der Waals surface area contributed by atoms with Crippen molar-refractivity contribution in [3.63, 3.8) is 0 Å². The largest absolute Gasteiger partial charge is 0.497 e. The van der Waals surface area contributed by atoms with Crippen molar-refractivity contribution in [1.82, 2.24) is 14.9 Å². The number of aryl methyl sites for hydroxylation is 1. The maximum absolute atomic E-state index is 12.2. The standard InChI is InChI=1S/C15H18N4O2S/c1-4-5-13(11-6-8-12(21-3)9-7-11)18-19-14(20)10(2)16-17-15(19)22/h4,6-9,13,18H,1,5H2,2-3H3,(H,17,22). The molecule has 0 aliphatic heterocycles. The van der Waals surface area contributed by atoms with Crippen molar-refractivity contribution < 1.29 is 4.74 Å². The van der Waals surface area contributed by atoms with Gasteiger partial charge in [0, 0.05) is 0 Å². The Morgan fingerprint density at radius 1 is 1.50 bits per heavy atom. The molecular formula is C15H18N4O2S. The molecule has 0 saturated heterocycles. The molecule has 2 N–H and O–H groups in total. The minimum absolute atomic E-state index is 0.141. The summed E-state index contributed by atoms with van der Waals surface area (Å²) in [5.41, 5.74) is 4.19. The molecule has 0 aliphatic carbocycles. The van der Waals surface area contributed by atoms with Gasteiger partial charge in [0.25, 0.3) is 5.56 Å². The van der Waals surface area contributed by atoms with E-state index in [0.29, 0.717) is 12.1 Å². The Labute approximate surface area is 133 Å². The first-order valence-corrected chi connectivity index (χ1v) is 7.17. The highest BCUT2D eigenvalue weighted by atomic mass is 32.1. The summed E-state index contributed by atoms with van der Waals surface area (Å²) in [7, 11) is 1.62. The topological polar surface area (TPSA) is 71.9 Å². The van der Waals surface area contributed by atoms with Gasteiger partial charge in [-0.3, -0.25) is 9.89 Å². The number of nitrogens with zero attached hydrogens (tertiary/aromatic N) is 2.